The fourth-order valence-corrected chi connectivity index (χ4v) is 4.71. The van der Waals surface area contributed by atoms with Crippen molar-refractivity contribution < 1.29 is 23.5 Å². The Labute approximate surface area is 158 Å². The number of Topliss-reactive ketones (excluding diaryl/α,β-unsaturated/α-hetero) is 2. The molecule has 3 unspecified atom stereocenters. The molecule has 3 fully saturated rings. The largest absolute Gasteiger partial charge is 0.472 e. The van der Waals surface area contributed by atoms with Gasteiger partial charge in [-0.05, 0) is 31.4 Å². The molecule has 27 heavy (non-hydrogen) atoms. The Morgan fingerprint density at radius 2 is 2.07 bits per heavy atom. The number of piperidine rings is 1. The van der Waals surface area contributed by atoms with Gasteiger partial charge in [0.05, 0.1) is 30.0 Å². The lowest BCUT2D eigenvalue weighted by molar-refractivity contribution is -0.131. The Hall–Kier alpha value is -1.99. The predicted molar refractivity (Wildman–Crippen MR) is 96.2 cm³/mol. The van der Waals surface area contributed by atoms with Gasteiger partial charge in [0.2, 0.25) is 0 Å². The van der Waals surface area contributed by atoms with Crippen LogP contribution in [0.4, 0.5) is 0 Å². The molecular formula is C20H26N2O5. The highest BCUT2D eigenvalue weighted by Gasteiger charge is 2.47. The number of hydrogen-bond acceptors (Lipinski definition) is 6. The summed E-state index contributed by atoms with van der Waals surface area (Å²) in [7, 11) is 0. The summed E-state index contributed by atoms with van der Waals surface area (Å²) in [6.45, 7) is 0.666. The second-order valence-corrected chi connectivity index (χ2v) is 7.90. The van der Waals surface area contributed by atoms with E-state index in [0.29, 0.717) is 30.9 Å². The van der Waals surface area contributed by atoms with E-state index in [-0.39, 0.29) is 30.0 Å². The molecule has 1 amide bonds. The van der Waals surface area contributed by atoms with Crippen molar-refractivity contribution in [3.8, 4) is 0 Å². The average Bonchev–Trinajstić information content (AvgIpc) is 3.43. The molecule has 2 N–H and O–H groups in total. The first kappa shape index (κ1) is 18.4. The second-order valence-electron chi connectivity index (χ2n) is 7.90. The minimum Gasteiger partial charge on any atom is -0.472 e. The molecule has 3 aliphatic rings. The van der Waals surface area contributed by atoms with Gasteiger partial charge in [0.1, 0.15) is 12.9 Å². The van der Waals surface area contributed by atoms with Crippen molar-refractivity contribution in [3.05, 3.63) is 24.2 Å². The van der Waals surface area contributed by atoms with Crippen LogP contribution in [0.15, 0.2) is 23.0 Å². The number of furan rings is 1. The van der Waals surface area contributed by atoms with Crippen LogP contribution in [0.5, 0.6) is 0 Å². The van der Waals surface area contributed by atoms with Gasteiger partial charge in [-0.2, -0.15) is 0 Å². The topological polar surface area (TPSA) is 97.6 Å². The molecule has 0 bridgehead atoms. The maximum Gasteiger partial charge on any atom is 0.255 e. The normalized spacial score (nSPS) is 29.5. The van der Waals surface area contributed by atoms with Gasteiger partial charge in [-0.1, -0.05) is 25.7 Å². The van der Waals surface area contributed by atoms with E-state index in [1.807, 2.05) is 0 Å². The zero-order chi connectivity index (χ0) is 18.8. The molecule has 7 heteroatoms. The van der Waals surface area contributed by atoms with E-state index in [4.69, 9.17) is 9.15 Å². The third kappa shape index (κ3) is 3.84. The average molecular weight is 374 g/mol. The summed E-state index contributed by atoms with van der Waals surface area (Å²) in [4.78, 5) is 37.9. The van der Waals surface area contributed by atoms with Gasteiger partial charge in [0, 0.05) is 5.92 Å². The monoisotopic (exact) mass is 374 g/mol. The van der Waals surface area contributed by atoms with Crippen LogP contribution in [0.25, 0.3) is 0 Å². The Kier molecular flexibility index (Phi) is 5.41. The van der Waals surface area contributed by atoms with Crippen LogP contribution >= 0.6 is 0 Å². The van der Waals surface area contributed by atoms with Gasteiger partial charge in [-0.15, -0.1) is 0 Å². The number of ether oxygens (including phenoxy) is 1. The fraction of sp³-hybridized carbons (Fsp3) is 0.650. The van der Waals surface area contributed by atoms with E-state index in [1.165, 1.54) is 25.4 Å². The number of hydrogen-bond donors (Lipinski definition) is 2. The number of rotatable bonds is 6. The molecule has 7 nitrogen and oxygen atoms in total. The molecule has 3 heterocycles. The summed E-state index contributed by atoms with van der Waals surface area (Å²) in [5.41, 5.74) is 0.412. The molecule has 2 saturated heterocycles. The van der Waals surface area contributed by atoms with Crippen molar-refractivity contribution in [1.29, 1.82) is 0 Å². The summed E-state index contributed by atoms with van der Waals surface area (Å²) < 4.78 is 10.6. The first-order valence-electron chi connectivity index (χ1n) is 9.88. The van der Waals surface area contributed by atoms with Crippen molar-refractivity contribution in [2.75, 3.05) is 13.2 Å². The van der Waals surface area contributed by atoms with Gasteiger partial charge < -0.3 is 19.8 Å². The van der Waals surface area contributed by atoms with E-state index in [1.54, 1.807) is 6.07 Å². The standard InChI is InChI=1S/C20H26N2O5/c23-16-11-27-19-14(5-7-21-17(16)19)18(24)15(9-12-3-1-2-4-12)22-20(25)13-6-8-26-10-13/h6,8,10,12,14-15,17,19,21H,1-5,7,9,11H2,(H,22,25)/t14?,15-,17?,19?/m0/s1. The van der Waals surface area contributed by atoms with Crippen LogP contribution in [0.1, 0.15) is 48.9 Å². The molecule has 2 aliphatic heterocycles. The maximum absolute atomic E-state index is 13.4. The summed E-state index contributed by atoms with van der Waals surface area (Å²) >= 11 is 0. The minimum atomic E-state index is -0.557. The molecule has 146 valence electrons. The van der Waals surface area contributed by atoms with Gasteiger partial charge in [0.15, 0.2) is 11.6 Å². The predicted octanol–water partition coefficient (Wildman–Crippen LogP) is 1.47. The molecule has 1 aromatic heterocycles. The van der Waals surface area contributed by atoms with Crippen LogP contribution in [-0.2, 0) is 14.3 Å². The maximum atomic E-state index is 13.4. The molecule has 0 spiro atoms. The van der Waals surface area contributed by atoms with E-state index < -0.39 is 18.2 Å². The summed E-state index contributed by atoms with van der Waals surface area (Å²) in [6.07, 6.45) is 8.22. The van der Waals surface area contributed by atoms with Gasteiger partial charge in [-0.25, -0.2) is 0 Å². The second kappa shape index (κ2) is 7.94. The molecule has 0 aromatic carbocycles. The molecular weight excluding hydrogens is 348 g/mol. The first-order chi connectivity index (χ1) is 13.1. The number of carbonyl (C=O) groups excluding carboxylic acids is 3. The Morgan fingerprint density at radius 1 is 1.26 bits per heavy atom. The highest BCUT2D eigenvalue weighted by molar-refractivity contribution is 5.99. The zero-order valence-electron chi connectivity index (χ0n) is 15.3. The fourth-order valence-electron chi connectivity index (χ4n) is 4.71. The van der Waals surface area contributed by atoms with Crippen LogP contribution in [0, 0.1) is 11.8 Å². The smallest absolute Gasteiger partial charge is 0.255 e. The quantitative estimate of drug-likeness (QED) is 0.783. The van der Waals surface area contributed by atoms with Gasteiger partial charge in [0.25, 0.3) is 5.91 Å². The lowest BCUT2D eigenvalue weighted by Gasteiger charge is -2.34. The zero-order valence-corrected chi connectivity index (χ0v) is 15.3. The van der Waals surface area contributed by atoms with Crippen molar-refractivity contribution >= 4 is 17.5 Å². The van der Waals surface area contributed by atoms with E-state index in [9.17, 15) is 14.4 Å². The summed E-state index contributed by atoms with van der Waals surface area (Å²) in [5, 5.41) is 6.09. The van der Waals surface area contributed by atoms with E-state index >= 15 is 0 Å². The van der Waals surface area contributed by atoms with Crippen molar-refractivity contribution in [2.45, 2.75) is 56.7 Å². The highest BCUT2D eigenvalue weighted by atomic mass is 16.5. The Bertz CT molecular complexity index is 695. The third-order valence-corrected chi connectivity index (χ3v) is 6.15. The van der Waals surface area contributed by atoms with Crippen LogP contribution < -0.4 is 10.6 Å². The Balaban J connectivity index is 1.50. The highest BCUT2D eigenvalue weighted by Crippen LogP contribution is 2.32. The molecule has 1 aromatic rings. The van der Waals surface area contributed by atoms with Crippen LogP contribution in [0.2, 0.25) is 0 Å². The number of fused-ring (bicyclic) bond motifs is 1. The van der Waals surface area contributed by atoms with Gasteiger partial charge >= 0.3 is 0 Å². The van der Waals surface area contributed by atoms with Crippen molar-refractivity contribution in [2.24, 2.45) is 11.8 Å². The lowest BCUT2D eigenvalue weighted by atomic mass is 9.81. The van der Waals surface area contributed by atoms with Crippen molar-refractivity contribution in [1.82, 2.24) is 10.6 Å². The molecule has 4 rings (SSSR count). The summed E-state index contributed by atoms with van der Waals surface area (Å²) in [6, 6.07) is 0.633. The SMILES string of the molecule is O=C(N[C@@H](CC1CCCC1)C(=O)C1CCNC2C(=O)COC12)c1ccoc1. The molecule has 1 aliphatic carbocycles. The third-order valence-electron chi connectivity index (χ3n) is 6.15. The number of nitrogens with one attached hydrogen (secondary N) is 2. The van der Waals surface area contributed by atoms with E-state index in [0.717, 1.165) is 12.8 Å². The Morgan fingerprint density at radius 3 is 2.81 bits per heavy atom. The van der Waals surface area contributed by atoms with Gasteiger partial charge in [-0.3, -0.25) is 14.4 Å². The minimum absolute atomic E-state index is 0.00674. The first-order valence-corrected chi connectivity index (χ1v) is 9.88. The van der Waals surface area contributed by atoms with Crippen LogP contribution in [0.3, 0.4) is 0 Å². The number of carbonyl (C=O) groups is 3. The van der Waals surface area contributed by atoms with Crippen LogP contribution in [-0.4, -0.2) is 48.8 Å². The lowest BCUT2D eigenvalue weighted by Crippen LogP contribution is -2.56. The molecule has 4 atom stereocenters. The van der Waals surface area contributed by atoms with Crippen molar-refractivity contribution in [3.63, 3.8) is 0 Å². The number of ketones is 2. The molecule has 0 radical (unpaired) electrons. The van der Waals surface area contributed by atoms with E-state index in [2.05, 4.69) is 10.6 Å². The summed E-state index contributed by atoms with van der Waals surface area (Å²) in [5.74, 6) is -0.211. The number of amides is 1. The molecule has 1 saturated carbocycles.